The SMILES string of the molecule is Cc1cc(C2CO2)c(F)c(F)c1C(=O)O. The van der Waals surface area contributed by atoms with E-state index in [1.165, 1.54) is 13.0 Å². The van der Waals surface area contributed by atoms with E-state index in [1.807, 2.05) is 0 Å². The van der Waals surface area contributed by atoms with Crippen molar-refractivity contribution in [2.45, 2.75) is 13.0 Å². The molecule has 2 rings (SSSR count). The summed E-state index contributed by atoms with van der Waals surface area (Å²) in [7, 11) is 0. The molecule has 0 radical (unpaired) electrons. The molecule has 5 heteroatoms. The van der Waals surface area contributed by atoms with Crippen LogP contribution in [0.25, 0.3) is 0 Å². The zero-order valence-electron chi connectivity index (χ0n) is 7.88. The van der Waals surface area contributed by atoms with Crippen molar-refractivity contribution in [2.75, 3.05) is 6.61 Å². The summed E-state index contributed by atoms with van der Waals surface area (Å²) < 4.78 is 31.6. The lowest BCUT2D eigenvalue weighted by Gasteiger charge is -2.07. The maximum atomic E-state index is 13.4. The molecule has 1 aliphatic heterocycles. The van der Waals surface area contributed by atoms with Crippen LogP contribution >= 0.6 is 0 Å². The standard InChI is InChI=1S/C10H8F2O3/c1-4-2-5(6-3-15-6)8(11)9(12)7(4)10(13)14/h2,6H,3H2,1H3,(H,13,14). The van der Waals surface area contributed by atoms with Gasteiger partial charge in [0, 0.05) is 5.56 Å². The Balaban J connectivity index is 2.61. The van der Waals surface area contributed by atoms with E-state index in [4.69, 9.17) is 9.84 Å². The molecule has 1 aromatic carbocycles. The van der Waals surface area contributed by atoms with Crippen molar-refractivity contribution in [3.63, 3.8) is 0 Å². The van der Waals surface area contributed by atoms with Crippen molar-refractivity contribution in [2.24, 2.45) is 0 Å². The third kappa shape index (κ3) is 1.59. The van der Waals surface area contributed by atoms with Crippen LogP contribution in [0.4, 0.5) is 8.78 Å². The summed E-state index contributed by atoms with van der Waals surface area (Å²) in [6.07, 6.45) is -0.430. The van der Waals surface area contributed by atoms with Crippen LogP contribution in [0.1, 0.15) is 27.6 Å². The van der Waals surface area contributed by atoms with Gasteiger partial charge in [-0.25, -0.2) is 13.6 Å². The van der Waals surface area contributed by atoms with Crippen LogP contribution in [0.5, 0.6) is 0 Å². The van der Waals surface area contributed by atoms with Gasteiger partial charge in [-0.2, -0.15) is 0 Å². The van der Waals surface area contributed by atoms with Crippen LogP contribution in [0.15, 0.2) is 6.07 Å². The minimum atomic E-state index is -1.47. The van der Waals surface area contributed by atoms with Crippen LogP contribution in [0.2, 0.25) is 0 Å². The van der Waals surface area contributed by atoms with Crippen LogP contribution in [-0.4, -0.2) is 17.7 Å². The fraction of sp³-hybridized carbons (Fsp3) is 0.300. The van der Waals surface area contributed by atoms with E-state index in [-0.39, 0.29) is 11.1 Å². The van der Waals surface area contributed by atoms with Gasteiger partial charge in [0.05, 0.1) is 6.61 Å². The van der Waals surface area contributed by atoms with Crippen molar-refractivity contribution < 1.29 is 23.4 Å². The number of benzene rings is 1. The Morgan fingerprint density at radius 1 is 1.53 bits per heavy atom. The van der Waals surface area contributed by atoms with Gasteiger partial charge >= 0.3 is 5.97 Å². The second-order valence-corrected chi connectivity index (χ2v) is 3.41. The summed E-state index contributed by atoms with van der Waals surface area (Å²) in [6.45, 7) is 1.78. The van der Waals surface area contributed by atoms with Crippen LogP contribution < -0.4 is 0 Å². The lowest BCUT2D eigenvalue weighted by molar-refractivity contribution is 0.0689. The van der Waals surface area contributed by atoms with Gasteiger partial charge in [-0.15, -0.1) is 0 Å². The van der Waals surface area contributed by atoms with Gasteiger partial charge in [-0.3, -0.25) is 0 Å². The highest BCUT2D eigenvalue weighted by atomic mass is 19.2. The van der Waals surface area contributed by atoms with Gasteiger partial charge in [0.15, 0.2) is 11.6 Å². The van der Waals surface area contributed by atoms with Gasteiger partial charge < -0.3 is 9.84 Å². The van der Waals surface area contributed by atoms with Crippen molar-refractivity contribution in [3.05, 3.63) is 34.4 Å². The molecule has 1 aromatic rings. The largest absolute Gasteiger partial charge is 0.478 e. The summed E-state index contributed by atoms with van der Waals surface area (Å²) in [5, 5.41) is 8.68. The lowest BCUT2D eigenvalue weighted by Crippen LogP contribution is -2.08. The first-order valence-corrected chi connectivity index (χ1v) is 4.35. The number of aromatic carboxylic acids is 1. The Hall–Kier alpha value is -1.49. The first-order chi connectivity index (χ1) is 7.02. The zero-order chi connectivity index (χ0) is 11.2. The Morgan fingerprint density at radius 2 is 2.13 bits per heavy atom. The average molecular weight is 214 g/mol. The summed E-state index contributed by atoms with van der Waals surface area (Å²) in [5.74, 6) is -3.90. The van der Waals surface area contributed by atoms with Crippen LogP contribution in [0.3, 0.4) is 0 Å². The number of carboxylic acid groups (broad SMARTS) is 1. The van der Waals surface area contributed by atoms with E-state index in [9.17, 15) is 13.6 Å². The maximum Gasteiger partial charge on any atom is 0.339 e. The molecule has 1 heterocycles. The molecule has 1 fully saturated rings. The molecular formula is C10H8F2O3. The predicted molar refractivity (Wildman–Crippen MR) is 46.7 cm³/mol. The van der Waals surface area contributed by atoms with E-state index in [0.29, 0.717) is 6.61 Å². The Bertz CT molecular complexity index is 439. The molecule has 1 unspecified atom stereocenters. The minimum Gasteiger partial charge on any atom is -0.478 e. The normalized spacial score (nSPS) is 19.0. The molecule has 1 aliphatic rings. The Kier molecular flexibility index (Phi) is 2.19. The summed E-state index contributed by atoms with van der Waals surface area (Å²) in [4.78, 5) is 10.7. The topological polar surface area (TPSA) is 49.8 Å². The van der Waals surface area contributed by atoms with Gasteiger partial charge in [0.1, 0.15) is 11.7 Å². The second kappa shape index (κ2) is 3.27. The number of aryl methyl sites for hydroxylation is 1. The monoisotopic (exact) mass is 214 g/mol. The maximum absolute atomic E-state index is 13.4. The predicted octanol–water partition coefficient (Wildman–Crippen LogP) is 2.04. The number of halogens is 2. The molecule has 0 spiro atoms. The molecule has 0 amide bonds. The van der Waals surface area contributed by atoms with E-state index in [2.05, 4.69) is 0 Å². The molecule has 1 atom stereocenters. The fourth-order valence-corrected chi connectivity index (χ4v) is 1.50. The molecule has 15 heavy (non-hydrogen) atoms. The van der Waals surface area contributed by atoms with Crippen LogP contribution in [0, 0.1) is 18.6 Å². The summed E-state index contributed by atoms with van der Waals surface area (Å²) in [5.41, 5.74) is -0.321. The first kappa shape index (κ1) is 10.0. The third-order valence-electron chi connectivity index (χ3n) is 2.33. The molecule has 1 N–H and O–H groups in total. The minimum absolute atomic E-state index is 0.0926. The number of hydrogen-bond acceptors (Lipinski definition) is 2. The van der Waals surface area contributed by atoms with Gasteiger partial charge in [0.2, 0.25) is 0 Å². The van der Waals surface area contributed by atoms with Crippen molar-refractivity contribution >= 4 is 5.97 Å². The van der Waals surface area contributed by atoms with Gasteiger partial charge in [-0.05, 0) is 18.6 Å². The quantitative estimate of drug-likeness (QED) is 0.766. The average Bonchev–Trinajstić information content (AvgIpc) is 2.94. The Labute approximate surface area is 84.3 Å². The van der Waals surface area contributed by atoms with E-state index < -0.39 is 29.3 Å². The number of hydrogen-bond donors (Lipinski definition) is 1. The molecule has 80 valence electrons. The van der Waals surface area contributed by atoms with Crippen LogP contribution in [-0.2, 0) is 4.74 Å². The smallest absolute Gasteiger partial charge is 0.339 e. The number of ether oxygens (including phenoxy) is 1. The molecule has 1 saturated heterocycles. The number of carbonyl (C=O) groups is 1. The zero-order valence-corrected chi connectivity index (χ0v) is 7.88. The number of epoxide rings is 1. The molecule has 0 aromatic heterocycles. The highest BCUT2D eigenvalue weighted by Gasteiger charge is 2.32. The van der Waals surface area contributed by atoms with E-state index in [0.717, 1.165) is 0 Å². The number of carboxylic acids is 1. The van der Waals surface area contributed by atoms with Crippen molar-refractivity contribution in [3.8, 4) is 0 Å². The fourth-order valence-electron chi connectivity index (χ4n) is 1.50. The molecule has 0 saturated carbocycles. The molecule has 3 nitrogen and oxygen atoms in total. The number of rotatable bonds is 2. The van der Waals surface area contributed by atoms with Crippen molar-refractivity contribution in [1.29, 1.82) is 0 Å². The van der Waals surface area contributed by atoms with E-state index in [1.54, 1.807) is 0 Å². The summed E-state index contributed by atoms with van der Waals surface area (Å²) >= 11 is 0. The van der Waals surface area contributed by atoms with Gasteiger partial charge in [0.25, 0.3) is 0 Å². The van der Waals surface area contributed by atoms with Crippen molar-refractivity contribution in [1.82, 2.24) is 0 Å². The van der Waals surface area contributed by atoms with Gasteiger partial charge in [-0.1, -0.05) is 0 Å². The molecule has 0 aliphatic carbocycles. The first-order valence-electron chi connectivity index (χ1n) is 4.35. The molecule has 0 bridgehead atoms. The second-order valence-electron chi connectivity index (χ2n) is 3.41. The Morgan fingerprint density at radius 3 is 2.60 bits per heavy atom. The highest BCUT2D eigenvalue weighted by Crippen LogP contribution is 2.34. The molecular weight excluding hydrogens is 206 g/mol. The third-order valence-corrected chi connectivity index (χ3v) is 2.33. The lowest BCUT2D eigenvalue weighted by atomic mass is 10.0. The summed E-state index contributed by atoms with van der Waals surface area (Å²) in [6, 6.07) is 1.32. The van der Waals surface area contributed by atoms with E-state index >= 15 is 0 Å². The highest BCUT2D eigenvalue weighted by molar-refractivity contribution is 5.89.